The van der Waals surface area contributed by atoms with Crippen molar-refractivity contribution >= 4 is 28.9 Å². The molecule has 1 aromatic carbocycles. The predicted octanol–water partition coefficient (Wildman–Crippen LogP) is 4.02. The monoisotopic (exact) mass is 309 g/mol. The van der Waals surface area contributed by atoms with Gasteiger partial charge in [-0.1, -0.05) is 29.8 Å². The van der Waals surface area contributed by atoms with Gasteiger partial charge in [0.2, 0.25) is 0 Å². The first-order chi connectivity index (χ1) is 9.56. The molecule has 1 heterocycles. The number of hydrogen-bond acceptors (Lipinski definition) is 3. The SMILES string of the molecule is Cc1ccc(CNC(CC(=O)O)c2cccs2)cc1Cl. The van der Waals surface area contributed by atoms with Crippen molar-refractivity contribution in [2.75, 3.05) is 0 Å². The van der Waals surface area contributed by atoms with Gasteiger partial charge in [-0.3, -0.25) is 4.79 Å². The summed E-state index contributed by atoms with van der Waals surface area (Å²) in [6.45, 7) is 2.55. The van der Waals surface area contributed by atoms with Crippen LogP contribution in [0, 0.1) is 6.92 Å². The number of thiophene rings is 1. The third kappa shape index (κ3) is 4.07. The first-order valence-electron chi connectivity index (χ1n) is 6.30. The van der Waals surface area contributed by atoms with Gasteiger partial charge in [-0.25, -0.2) is 0 Å². The van der Waals surface area contributed by atoms with Crippen LogP contribution in [0.15, 0.2) is 35.7 Å². The minimum atomic E-state index is -0.808. The van der Waals surface area contributed by atoms with Gasteiger partial charge in [0.25, 0.3) is 0 Å². The Kier molecular flexibility index (Phi) is 5.17. The zero-order valence-corrected chi connectivity index (χ0v) is 12.7. The fourth-order valence-corrected chi connectivity index (χ4v) is 2.93. The Morgan fingerprint density at radius 3 is 2.85 bits per heavy atom. The molecule has 106 valence electrons. The molecule has 2 rings (SSSR count). The number of rotatable bonds is 6. The van der Waals surface area contributed by atoms with E-state index in [2.05, 4.69) is 5.32 Å². The zero-order chi connectivity index (χ0) is 14.5. The van der Waals surface area contributed by atoms with Crippen LogP contribution in [-0.4, -0.2) is 11.1 Å². The molecule has 0 aliphatic rings. The summed E-state index contributed by atoms with van der Waals surface area (Å²) < 4.78 is 0. The summed E-state index contributed by atoms with van der Waals surface area (Å²) in [6.07, 6.45) is 0.0696. The molecule has 1 aromatic heterocycles. The lowest BCUT2D eigenvalue weighted by Crippen LogP contribution is -2.22. The van der Waals surface area contributed by atoms with E-state index in [0.717, 1.165) is 21.0 Å². The molecule has 1 atom stereocenters. The fraction of sp³-hybridized carbons (Fsp3) is 0.267. The number of carboxylic acids is 1. The van der Waals surface area contributed by atoms with Crippen molar-refractivity contribution in [3.8, 4) is 0 Å². The van der Waals surface area contributed by atoms with E-state index >= 15 is 0 Å². The van der Waals surface area contributed by atoms with Crippen LogP contribution in [0.1, 0.15) is 28.5 Å². The van der Waals surface area contributed by atoms with Crippen molar-refractivity contribution in [1.29, 1.82) is 0 Å². The number of hydrogen-bond donors (Lipinski definition) is 2. The number of aliphatic carboxylic acids is 1. The van der Waals surface area contributed by atoms with E-state index in [0.29, 0.717) is 6.54 Å². The molecule has 0 spiro atoms. The Morgan fingerprint density at radius 2 is 2.25 bits per heavy atom. The van der Waals surface area contributed by atoms with Crippen molar-refractivity contribution in [3.63, 3.8) is 0 Å². The summed E-state index contributed by atoms with van der Waals surface area (Å²) >= 11 is 7.66. The van der Waals surface area contributed by atoms with Crippen molar-refractivity contribution in [3.05, 3.63) is 56.7 Å². The van der Waals surface area contributed by atoms with Crippen LogP contribution in [0.25, 0.3) is 0 Å². The molecule has 0 amide bonds. The van der Waals surface area contributed by atoms with Gasteiger partial charge < -0.3 is 10.4 Å². The first kappa shape index (κ1) is 15.0. The average Bonchev–Trinajstić information content (AvgIpc) is 2.92. The summed E-state index contributed by atoms with van der Waals surface area (Å²) in [7, 11) is 0. The highest BCUT2D eigenvalue weighted by Gasteiger charge is 2.16. The summed E-state index contributed by atoms with van der Waals surface area (Å²) in [5.74, 6) is -0.808. The highest BCUT2D eigenvalue weighted by atomic mass is 35.5. The predicted molar refractivity (Wildman–Crippen MR) is 82.3 cm³/mol. The molecule has 1 unspecified atom stereocenters. The van der Waals surface area contributed by atoms with Crippen LogP contribution in [0.4, 0.5) is 0 Å². The lowest BCUT2D eigenvalue weighted by molar-refractivity contribution is -0.137. The van der Waals surface area contributed by atoms with Gasteiger partial charge in [0.05, 0.1) is 12.5 Å². The molecule has 5 heteroatoms. The standard InChI is InChI=1S/C15H16ClNO2S/c1-10-4-5-11(7-12(10)16)9-17-13(8-15(18)19)14-3-2-6-20-14/h2-7,13,17H,8-9H2,1H3,(H,18,19). The maximum Gasteiger partial charge on any atom is 0.305 e. The average molecular weight is 310 g/mol. The van der Waals surface area contributed by atoms with E-state index < -0.39 is 5.97 Å². The van der Waals surface area contributed by atoms with Crippen LogP contribution in [0.5, 0.6) is 0 Å². The third-order valence-corrected chi connectivity index (χ3v) is 4.45. The van der Waals surface area contributed by atoms with E-state index in [1.54, 1.807) is 11.3 Å². The third-order valence-electron chi connectivity index (χ3n) is 3.05. The first-order valence-corrected chi connectivity index (χ1v) is 7.55. The Morgan fingerprint density at radius 1 is 1.45 bits per heavy atom. The smallest absolute Gasteiger partial charge is 0.305 e. The minimum Gasteiger partial charge on any atom is -0.481 e. The van der Waals surface area contributed by atoms with Gasteiger partial charge in [-0.15, -0.1) is 11.3 Å². The van der Waals surface area contributed by atoms with Crippen molar-refractivity contribution in [2.45, 2.75) is 25.9 Å². The number of benzene rings is 1. The minimum absolute atomic E-state index is 0.0696. The lowest BCUT2D eigenvalue weighted by atomic mass is 10.1. The maximum absolute atomic E-state index is 11.0. The highest BCUT2D eigenvalue weighted by Crippen LogP contribution is 2.23. The fourth-order valence-electron chi connectivity index (χ4n) is 1.92. The second-order valence-corrected chi connectivity index (χ2v) is 6.02. The van der Waals surface area contributed by atoms with Crippen molar-refractivity contribution in [1.82, 2.24) is 5.32 Å². The zero-order valence-electron chi connectivity index (χ0n) is 11.1. The van der Waals surface area contributed by atoms with Crippen LogP contribution >= 0.6 is 22.9 Å². The van der Waals surface area contributed by atoms with Gasteiger partial charge in [0.15, 0.2) is 0 Å². The van der Waals surface area contributed by atoms with Crippen LogP contribution in [0.3, 0.4) is 0 Å². The van der Waals surface area contributed by atoms with Crippen LogP contribution in [0.2, 0.25) is 5.02 Å². The number of nitrogens with one attached hydrogen (secondary N) is 1. The second-order valence-electron chi connectivity index (χ2n) is 4.63. The quantitative estimate of drug-likeness (QED) is 0.847. The van der Waals surface area contributed by atoms with E-state index in [9.17, 15) is 4.79 Å². The topological polar surface area (TPSA) is 49.3 Å². The Labute approximate surface area is 127 Å². The molecule has 0 aliphatic heterocycles. The molecule has 0 saturated carbocycles. The molecular weight excluding hydrogens is 294 g/mol. The van der Waals surface area contributed by atoms with Crippen LogP contribution < -0.4 is 5.32 Å². The van der Waals surface area contributed by atoms with Crippen molar-refractivity contribution in [2.24, 2.45) is 0 Å². The maximum atomic E-state index is 11.0. The van der Waals surface area contributed by atoms with Crippen LogP contribution in [-0.2, 0) is 11.3 Å². The lowest BCUT2D eigenvalue weighted by Gasteiger charge is -2.16. The van der Waals surface area contributed by atoms with E-state index in [4.69, 9.17) is 16.7 Å². The molecule has 0 bridgehead atoms. The van der Waals surface area contributed by atoms with E-state index in [-0.39, 0.29) is 12.5 Å². The number of halogens is 1. The molecule has 3 nitrogen and oxygen atoms in total. The normalized spacial score (nSPS) is 12.3. The molecular formula is C15H16ClNO2S. The number of carboxylic acid groups (broad SMARTS) is 1. The number of carbonyl (C=O) groups is 1. The summed E-state index contributed by atoms with van der Waals surface area (Å²) in [4.78, 5) is 12.0. The van der Waals surface area contributed by atoms with Gasteiger partial charge in [0, 0.05) is 16.4 Å². The summed E-state index contributed by atoms with van der Waals surface area (Å²) in [5.41, 5.74) is 2.09. The second kappa shape index (κ2) is 6.88. The summed E-state index contributed by atoms with van der Waals surface area (Å²) in [6, 6.07) is 9.59. The summed E-state index contributed by atoms with van der Waals surface area (Å²) in [5, 5.41) is 15.0. The van der Waals surface area contributed by atoms with Crippen molar-refractivity contribution < 1.29 is 9.90 Å². The Hall–Kier alpha value is -1.36. The van der Waals surface area contributed by atoms with E-state index in [1.165, 1.54) is 0 Å². The molecule has 0 radical (unpaired) electrons. The largest absolute Gasteiger partial charge is 0.481 e. The molecule has 0 fully saturated rings. The van der Waals surface area contributed by atoms with Gasteiger partial charge in [0.1, 0.15) is 0 Å². The van der Waals surface area contributed by atoms with Gasteiger partial charge in [-0.05, 0) is 35.6 Å². The molecule has 2 aromatic rings. The Bertz CT molecular complexity index is 584. The highest BCUT2D eigenvalue weighted by molar-refractivity contribution is 7.10. The van der Waals surface area contributed by atoms with Gasteiger partial charge >= 0.3 is 5.97 Å². The molecule has 20 heavy (non-hydrogen) atoms. The van der Waals surface area contributed by atoms with Gasteiger partial charge in [-0.2, -0.15) is 0 Å². The molecule has 0 saturated heterocycles. The van der Waals surface area contributed by atoms with E-state index in [1.807, 2.05) is 42.6 Å². The molecule has 2 N–H and O–H groups in total. The Balaban J connectivity index is 2.04. The number of aryl methyl sites for hydroxylation is 1. The molecule has 0 aliphatic carbocycles.